The third-order valence-corrected chi connectivity index (χ3v) is 6.78. The van der Waals surface area contributed by atoms with E-state index >= 15 is 0 Å². The van der Waals surface area contributed by atoms with E-state index in [4.69, 9.17) is 4.74 Å². The van der Waals surface area contributed by atoms with Gasteiger partial charge in [-0.1, -0.05) is 24.3 Å². The average Bonchev–Trinajstić information content (AvgIpc) is 3.14. The van der Waals surface area contributed by atoms with Gasteiger partial charge in [-0.2, -0.15) is 0 Å². The molecule has 0 saturated carbocycles. The molecule has 3 aromatic rings. The number of hydrogen-bond acceptors (Lipinski definition) is 3. The maximum atomic E-state index is 13.3. The number of likely N-dealkylation sites (tertiary alicyclic amines) is 1. The zero-order valence-corrected chi connectivity index (χ0v) is 19.7. The van der Waals surface area contributed by atoms with E-state index in [0.717, 1.165) is 59.3 Å². The van der Waals surface area contributed by atoms with Gasteiger partial charge in [0.25, 0.3) is 5.91 Å². The normalized spacial score (nSPS) is 16.1. The summed E-state index contributed by atoms with van der Waals surface area (Å²) in [5.74, 6) is 1.25. The fraction of sp³-hybridized carbons (Fsp3) is 0.407. The lowest BCUT2D eigenvalue weighted by molar-refractivity contribution is -0.121. The number of ether oxygens (including phenoxy) is 1. The van der Waals surface area contributed by atoms with E-state index in [1.165, 1.54) is 5.56 Å². The van der Waals surface area contributed by atoms with Crippen LogP contribution in [0.5, 0.6) is 5.75 Å². The summed E-state index contributed by atoms with van der Waals surface area (Å²) in [5, 5.41) is 4.11. The first-order chi connectivity index (χ1) is 16.0. The SMILES string of the molecule is COc1cccc(CNC(=O)CC[C@@H]2CCCN(C(=O)c3cccc4c(C)c(C)[nH]c34)C2)c1. The van der Waals surface area contributed by atoms with Gasteiger partial charge in [0.15, 0.2) is 0 Å². The minimum atomic E-state index is 0.0448. The second-order valence-electron chi connectivity index (χ2n) is 9.03. The average molecular weight is 448 g/mol. The Morgan fingerprint density at radius 3 is 2.82 bits per heavy atom. The molecule has 0 radical (unpaired) electrons. The summed E-state index contributed by atoms with van der Waals surface area (Å²) in [6, 6.07) is 13.7. The molecule has 1 aliphatic heterocycles. The van der Waals surface area contributed by atoms with Crippen LogP contribution in [0.2, 0.25) is 0 Å². The van der Waals surface area contributed by atoms with E-state index in [2.05, 4.69) is 23.3 Å². The highest BCUT2D eigenvalue weighted by molar-refractivity contribution is 6.06. The highest BCUT2D eigenvalue weighted by atomic mass is 16.5. The van der Waals surface area contributed by atoms with Crippen molar-refractivity contribution >= 4 is 22.7 Å². The van der Waals surface area contributed by atoms with Gasteiger partial charge in [0, 0.05) is 37.1 Å². The van der Waals surface area contributed by atoms with Crippen molar-refractivity contribution in [3.8, 4) is 5.75 Å². The molecule has 4 rings (SSSR count). The number of para-hydroxylation sites is 1. The summed E-state index contributed by atoms with van der Waals surface area (Å²) in [7, 11) is 1.64. The van der Waals surface area contributed by atoms with Crippen LogP contribution in [-0.4, -0.2) is 41.9 Å². The molecule has 1 saturated heterocycles. The molecule has 174 valence electrons. The summed E-state index contributed by atoms with van der Waals surface area (Å²) in [4.78, 5) is 31.1. The molecule has 1 aliphatic rings. The molecule has 2 N–H and O–H groups in total. The van der Waals surface area contributed by atoms with Crippen LogP contribution in [0.4, 0.5) is 0 Å². The van der Waals surface area contributed by atoms with Gasteiger partial charge in [0.2, 0.25) is 5.91 Å². The quantitative estimate of drug-likeness (QED) is 0.549. The van der Waals surface area contributed by atoms with Crippen LogP contribution in [0.25, 0.3) is 10.9 Å². The Labute approximate surface area is 195 Å². The van der Waals surface area contributed by atoms with E-state index in [-0.39, 0.29) is 11.8 Å². The molecule has 6 heteroatoms. The zero-order valence-electron chi connectivity index (χ0n) is 19.7. The fourth-order valence-electron chi connectivity index (χ4n) is 4.72. The van der Waals surface area contributed by atoms with Gasteiger partial charge in [-0.25, -0.2) is 0 Å². The van der Waals surface area contributed by atoms with Crippen LogP contribution >= 0.6 is 0 Å². The smallest absolute Gasteiger partial charge is 0.255 e. The van der Waals surface area contributed by atoms with Gasteiger partial charge >= 0.3 is 0 Å². The number of methoxy groups -OCH3 is 1. The zero-order chi connectivity index (χ0) is 23.4. The van der Waals surface area contributed by atoms with Gasteiger partial charge in [-0.3, -0.25) is 9.59 Å². The Kier molecular flexibility index (Phi) is 7.02. The maximum Gasteiger partial charge on any atom is 0.255 e. The minimum absolute atomic E-state index is 0.0448. The monoisotopic (exact) mass is 447 g/mol. The first-order valence-corrected chi connectivity index (χ1v) is 11.7. The van der Waals surface area contributed by atoms with Crippen molar-refractivity contribution in [2.24, 2.45) is 5.92 Å². The minimum Gasteiger partial charge on any atom is -0.497 e. The molecule has 0 spiro atoms. The van der Waals surface area contributed by atoms with E-state index in [1.807, 2.05) is 48.2 Å². The molecular weight excluding hydrogens is 414 g/mol. The molecule has 0 aliphatic carbocycles. The summed E-state index contributed by atoms with van der Waals surface area (Å²) in [6.45, 7) is 6.09. The topological polar surface area (TPSA) is 74.4 Å². The molecule has 1 atom stereocenters. The molecule has 1 fully saturated rings. The third-order valence-electron chi connectivity index (χ3n) is 6.78. The second kappa shape index (κ2) is 10.1. The van der Waals surface area contributed by atoms with Crippen molar-refractivity contribution in [2.75, 3.05) is 20.2 Å². The summed E-state index contributed by atoms with van der Waals surface area (Å²) in [5.41, 5.74) is 4.97. The molecule has 0 unspecified atom stereocenters. The van der Waals surface area contributed by atoms with Crippen molar-refractivity contribution in [1.29, 1.82) is 0 Å². The van der Waals surface area contributed by atoms with E-state index in [9.17, 15) is 9.59 Å². The lowest BCUT2D eigenvalue weighted by Crippen LogP contribution is -2.40. The Bertz CT molecular complexity index is 1150. The van der Waals surface area contributed by atoms with Crippen molar-refractivity contribution in [3.63, 3.8) is 0 Å². The predicted molar refractivity (Wildman–Crippen MR) is 130 cm³/mol. The molecule has 2 aromatic carbocycles. The Hall–Kier alpha value is -3.28. The van der Waals surface area contributed by atoms with Crippen molar-refractivity contribution in [3.05, 3.63) is 64.8 Å². The van der Waals surface area contributed by atoms with Gasteiger partial charge < -0.3 is 19.9 Å². The van der Waals surface area contributed by atoms with E-state index in [0.29, 0.717) is 25.4 Å². The van der Waals surface area contributed by atoms with Crippen LogP contribution < -0.4 is 10.1 Å². The number of aryl methyl sites for hydroxylation is 2. The van der Waals surface area contributed by atoms with Crippen molar-refractivity contribution in [1.82, 2.24) is 15.2 Å². The van der Waals surface area contributed by atoms with Crippen LogP contribution in [-0.2, 0) is 11.3 Å². The Morgan fingerprint density at radius 2 is 2.00 bits per heavy atom. The number of aromatic nitrogens is 1. The molecule has 2 amide bonds. The second-order valence-corrected chi connectivity index (χ2v) is 9.03. The van der Waals surface area contributed by atoms with Crippen LogP contribution in [0.15, 0.2) is 42.5 Å². The van der Waals surface area contributed by atoms with Gasteiger partial charge in [0.05, 0.1) is 18.2 Å². The first kappa shape index (κ1) is 22.9. The highest BCUT2D eigenvalue weighted by Gasteiger charge is 2.26. The van der Waals surface area contributed by atoms with Crippen molar-refractivity contribution in [2.45, 2.75) is 46.1 Å². The summed E-state index contributed by atoms with van der Waals surface area (Å²) < 4.78 is 5.23. The lowest BCUT2D eigenvalue weighted by Gasteiger charge is -2.33. The number of benzene rings is 2. The molecule has 2 heterocycles. The maximum absolute atomic E-state index is 13.3. The lowest BCUT2D eigenvalue weighted by atomic mass is 9.92. The molecule has 0 bridgehead atoms. The van der Waals surface area contributed by atoms with Crippen LogP contribution in [0, 0.1) is 19.8 Å². The summed E-state index contributed by atoms with van der Waals surface area (Å²) in [6.07, 6.45) is 3.29. The van der Waals surface area contributed by atoms with Gasteiger partial charge in [-0.05, 0) is 68.4 Å². The Balaban J connectivity index is 1.32. The number of nitrogens with one attached hydrogen (secondary N) is 2. The van der Waals surface area contributed by atoms with Gasteiger partial charge in [-0.15, -0.1) is 0 Å². The molecule has 1 aromatic heterocycles. The highest BCUT2D eigenvalue weighted by Crippen LogP contribution is 2.27. The standard InChI is InChI=1S/C27H33N3O3/c1-18-19(2)29-26-23(18)10-5-11-24(26)27(32)30-14-6-8-20(17-30)12-13-25(31)28-16-21-7-4-9-22(15-21)33-3/h4-5,7,9-11,15,20,29H,6,8,12-14,16-17H2,1-3H3,(H,28,31)/t20-/m0/s1. The third kappa shape index (κ3) is 5.21. The number of hydrogen-bond donors (Lipinski definition) is 2. The number of H-pyrrole nitrogens is 1. The van der Waals surface area contributed by atoms with Crippen LogP contribution in [0.3, 0.4) is 0 Å². The molecular formula is C27H33N3O3. The predicted octanol–water partition coefficient (Wildman–Crippen LogP) is 4.74. The van der Waals surface area contributed by atoms with Crippen molar-refractivity contribution < 1.29 is 14.3 Å². The first-order valence-electron chi connectivity index (χ1n) is 11.7. The number of aromatic amines is 1. The molecule has 6 nitrogen and oxygen atoms in total. The Morgan fingerprint density at radius 1 is 1.18 bits per heavy atom. The number of rotatable bonds is 7. The fourth-order valence-corrected chi connectivity index (χ4v) is 4.72. The number of carbonyl (C=O) groups is 2. The number of piperidine rings is 1. The number of amides is 2. The van der Waals surface area contributed by atoms with Crippen LogP contribution in [0.1, 0.15) is 52.9 Å². The van der Waals surface area contributed by atoms with E-state index in [1.54, 1.807) is 7.11 Å². The number of carbonyl (C=O) groups excluding carboxylic acids is 2. The largest absolute Gasteiger partial charge is 0.497 e. The number of nitrogens with zero attached hydrogens (tertiary/aromatic N) is 1. The summed E-state index contributed by atoms with van der Waals surface area (Å²) >= 11 is 0. The van der Waals surface area contributed by atoms with Gasteiger partial charge in [0.1, 0.15) is 5.75 Å². The molecule has 33 heavy (non-hydrogen) atoms. The van der Waals surface area contributed by atoms with E-state index < -0.39 is 0 Å². The number of fused-ring (bicyclic) bond motifs is 1.